The molecule has 2 aliphatic rings. The molecular formula is C22H21FN4O3. The fourth-order valence-electron chi connectivity index (χ4n) is 3.88. The number of nitriles is 1. The average molecular weight is 408 g/mol. The highest BCUT2D eigenvalue weighted by atomic mass is 19.1. The van der Waals surface area contributed by atoms with Gasteiger partial charge in [0.25, 0.3) is 5.91 Å². The molecule has 30 heavy (non-hydrogen) atoms. The second-order valence-electron chi connectivity index (χ2n) is 7.34. The van der Waals surface area contributed by atoms with Crippen molar-refractivity contribution >= 4 is 11.9 Å². The molecule has 2 aromatic rings. The number of ether oxygens (including phenoxy) is 2. The van der Waals surface area contributed by atoms with Gasteiger partial charge in [-0.05, 0) is 55.2 Å². The second-order valence-corrected chi connectivity index (χ2v) is 7.34. The molecule has 2 N–H and O–H groups in total. The van der Waals surface area contributed by atoms with E-state index in [0.29, 0.717) is 41.9 Å². The summed E-state index contributed by atoms with van der Waals surface area (Å²) in [5.74, 6) is -0.167. The van der Waals surface area contributed by atoms with E-state index in [1.54, 1.807) is 25.2 Å². The average Bonchev–Trinajstić information content (AvgIpc) is 2.98. The molecule has 0 saturated heterocycles. The fraction of sp³-hybridized carbons (Fsp3) is 0.318. The lowest BCUT2D eigenvalue weighted by molar-refractivity contribution is -0.131. The van der Waals surface area contributed by atoms with E-state index in [4.69, 9.17) is 15.2 Å². The van der Waals surface area contributed by atoms with Crippen LogP contribution in [-0.2, 0) is 15.1 Å². The van der Waals surface area contributed by atoms with Crippen LogP contribution in [0.5, 0.6) is 5.75 Å². The van der Waals surface area contributed by atoms with Gasteiger partial charge in [-0.15, -0.1) is 0 Å². The summed E-state index contributed by atoms with van der Waals surface area (Å²) in [5, 5.41) is 9.19. The number of amides is 1. The lowest BCUT2D eigenvalue weighted by Crippen LogP contribution is -2.41. The van der Waals surface area contributed by atoms with E-state index in [2.05, 4.69) is 4.99 Å². The molecule has 1 amide bonds. The third kappa shape index (κ3) is 3.27. The van der Waals surface area contributed by atoms with Crippen molar-refractivity contribution in [2.24, 2.45) is 10.7 Å². The van der Waals surface area contributed by atoms with Gasteiger partial charge in [-0.25, -0.2) is 9.38 Å². The zero-order chi connectivity index (χ0) is 21.3. The summed E-state index contributed by atoms with van der Waals surface area (Å²) >= 11 is 0. The Bertz CT molecular complexity index is 1080. The standard InChI is InChI=1S/C22H21FN4O3/c1-27-20(28)22(26-21(27)25)8-2-3-9-29-13-30-19-7-5-15(11-17(19)22)16-10-14(12-24)4-6-18(16)23/h4-7,10-11H,2-3,8-9,13H2,1H3,(H2,25,26). The summed E-state index contributed by atoms with van der Waals surface area (Å²) in [6, 6.07) is 11.2. The van der Waals surface area contributed by atoms with Gasteiger partial charge in [0, 0.05) is 18.2 Å². The number of nitrogens with zero attached hydrogens (tertiary/aromatic N) is 3. The minimum absolute atomic E-state index is 0.0317. The molecular weight excluding hydrogens is 387 g/mol. The van der Waals surface area contributed by atoms with Crippen LogP contribution in [0.1, 0.15) is 30.4 Å². The Morgan fingerprint density at radius 2 is 2.10 bits per heavy atom. The molecule has 1 atom stereocenters. The van der Waals surface area contributed by atoms with Gasteiger partial charge >= 0.3 is 0 Å². The number of halogens is 1. The number of likely N-dealkylation sites (N-methyl/N-ethyl adjacent to an activating group) is 1. The van der Waals surface area contributed by atoms with Crippen molar-refractivity contribution in [2.45, 2.75) is 24.8 Å². The van der Waals surface area contributed by atoms with E-state index in [9.17, 15) is 14.4 Å². The maximum absolute atomic E-state index is 14.6. The highest BCUT2D eigenvalue weighted by Crippen LogP contribution is 2.44. The maximum atomic E-state index is 14.6. The van der Waals surface area contributed by atoms with Gasteiger partial charge in [-0.3, -0.25) is 9.69 Å². The zero-order valence-electron chi connectivity index (χ0n) is 16.5. The van der Waals surface area contributed by atoms with Crippen LogP contribution in [0.3, 0.4) is 0 Å². The summed E-state index contributed by atoms with van der Waals surface area (Å²) < 4.78 is 25.8. The molecule has 0 aromatic heterocycles. The van der Waals surface area contributed by atoms with Crippen molar-refractivity contribution in [3.05, 3.63) is 53.3 Å². The highest BCUT2D eigenvalue weighted by Gasteiger charge is 2.49. The van der Waals surface area contributed by atoms with Crippen LogP contribution in [0.4, 0.5) is 4.39 Å². The Morgan fingerprint density at radius 3 is 2.83 bits per heavy atom. The monoisotopic (exact) mass is 408 g/mol. The number of aliphatic imine (C=N–C) groups is 1. The second kappa shape index (κ2) is 7.76. The molecule has 2 heterocycles. The van der Waals surface area contributed by atoms with Crippen LogP contribution >= 0.6 is 0 Å². The Balaban J connectivity index is 1.92. The SMILES string of the molecule is CN1C(=O)C2(CCCCOCOc3ccc(-c4cc(C#N)ccc4F)cc32)N=C1N. The first kappa shape index (κ1) is 19.9. The number of nitrogens with two attached hydrogens (primary N) is 1. The molecule has 2 aliphatic heterocycles. The van der Waals surface area contributed by atoms with Crippen LogP contribution in [0.25, 0.3) is 11.1 Å². The maximum Gasteiger partial charge on any atom is 0.261 e. The molecule has 0 radical (unpaired) electrons. The van der Waals surface area contributed by atoms with Crippen LogP contribution in [0.2, 0.25) is 0 Å². The normalized spacial score (nSPS) is 21.6. The number of benzene rings is 2. The summed E-state index contributed by atoms with van der Waals surface area (Å²) in [6.45, 7) is 0.544. The van der Waals surface area contributed by atoms with E-state index in [-0.39, 0.29) is 24.2 Å². The Kier molecular flexibility index (Phi) is 5.14. The van der Waals surface area contributed by atoms with Gasteiger partial charge in [0.15, 0.2) is 18.3 Å². The number of carbonyl (C=O) groups is 1. The van der Waals surface area contributed by atoms with Crippen molar-refractivity contribution in [1.29, 1.82) is 5.26 Å². The molecule has 0 aliphatic carbocycles. The molecule has 0 bridgehead atoms. The number of carbonyl (C=O) groups excluding carboxylic acids is 1. The van der Waals surface area contributed by atoms with Crippen LogP contribution in [0.15, 0.2) is 41.4 Å². The molecule has 0 saturated carbocycles. The first-order valence-electron chi connectivity index (χ1n) is 9.65. The van der Waals surface area contributed by atoms with E-state index in [1.807, 2.05) is 6.07 Å². The first-order valence-corrected chi connectivity index (χ1v) is 9.65. The molecule has 1 spiro atoms. The largest absolute Gasteiger partial charge is 0.467 e. The van der Waals surface area contributed by atoms with Gasteiger partial charge in [0.1, 0.15) is 11.6 Å². The summed E-state index contributed by atoms with van der Waals surface area (Å²) in [6.07, 6.45) is 1.85. The lowest BCUT2D eigenvalue weighted by atomic mass is 9.82. The summed E-state index contributed by atoms with van der Waals surface area (Å²) in [4.78, 5) is 19.1. The molecule has 1 unspecified atom stereocenters. The highest BCUT2D eigenvalue weighted by molar-refractivity contribution is 6.07. The fourth-order valence-corrected chi connectivity index (χ4v) is 3.88. The van der Waals surface area contributed by atoms with Crippen molar-refractivity contribution in [2.75, 3.05) is 20.4 Å². The predicted molar refractivity (Wildman–Crippen MR) is 108 cm³/mol. The molecule has 4 rings (SSSR count). The third-order valence-corrected chi connectivity index (χ3v) is 5.51. The van der Waals surface area contributed by atoms with Crippen LogP contribution in [-0.4, -0.2) is 37.2 Å². The number of fused-ring (bicyclic) bond motifs is 2. The third-order valence-electron chi connectivity index (χ3n) is 5.51. The zero-order valence-corrected chi connectivity index (χ0v) is 16.5. The molecule has 2 aromatic carbocycles. The minimum atomic E-state index is -1.25. The van der Waals surface area contributed by atoms with E-state index in [0.717, 1.165) is 6.42 Å². The van der Waals surface area contributed by atoms with Gasteiger partial charge < -0.3 is 15.2 Å². The lowest BCUT2D eigenvalue weighted by Gasteiger charge is -2.29. The van der Waals surface area contributed by atoms with Gasteiger partial charge in [-0.1, -0.05) is 6.07 Å². The van der Waals surface area contributed by atoms with E-state index >= 15 is 0 Å². The summed E-state index contributed by atoms with van der Waals surface area (Å²) in [5.41, 5.74) is 6.37. The summed E-state index contributed by atoms with van der Waals surface area (Å²) in [7, 11) is 1.58. The van der Waals surface area contributed by atoms with Crippen molar-refractivity contribution in [1.82, 2.24) is 4.90 Å². The Morgan fingerprint density at radius 1 is 1.27 bits per heavy atom. The number of guanidine groups is 1. The molecule has 0 fully saturated rings. The van der Waals surface area contributed by atoms with Gasteiger partial charge in [0.05, 0.1) is 18.2 Å². The van der Waals surface area contributed by atoms with Gasteiger partial charge in [0.2, 0.25) is 0 Å². The van der Waals surface area contributed by atoms with Crippen molar-refractivity contribution in [3.63, 3.8) is 0 Å². The smallest absolute Gasteiger partial charge is 0.261 e. The Hall–Kier alpha value is -3.44. The quantitative estimate of drug-likeness (QED) is 0.782. The van der Waals surface area contributed by atoms with E-state index in [1.165, 1.54) is 23.1 Å². The molecule has 8 heteroatoms. The number of hydrogen-bond donors (Lipinski definition) is 1. The number of hydrogen-bond acceptors (Lipinski definition) is 6. The molecule has 7 nitrogen and oxygen atoms in total. The van der Waals surface area contributed by atoms with Crippen LogP contribution < -0.4 is 10.5 Å². The van der Waals surface area contributed by atoms with Crippen molar-refractivity contribution < 1.29 is 18.7 Å². The predicted octanol–water partition coefficient (Wildman–Crippen LogP) is 2.88. The number of rotatable bonds is 1. The van der Waals surface area contributed by atoms with Crippen molar-refractivity contribution in [3.8, 4) is 22.9 Å². The van der Waals surface area contributed by atoms with Gasteiger partial charge in [-0.2, -0.15) is 5.26 Å². The van der Waals surface area contributed by atoms with E-state index < -0.39 is 11.4 Å². The first-order chi connectivity index (χ1) is 14.5. The topological polar surface area (TPSA) is 101 Å². The Labute approximate surface area is 173 Å². The molecule has 154 valence electrons. The van der Waals surface area contributed by atoms with Crippen LogP contribution in [0, 0.1) is 17.1 Å². The minimum Gasteiger partial charge on any atom is -0.467 e.